The molecule has 0 aliphatic heterocycles. The molecule has 0 spiro atoms. The van der Waals surface area contributed by atoms with Gasteiger partial charge in [0.15, 0.2) is 0 Å². The third-order valence-corrected chi connectivity index (χ3v) is 3.80. The summed E-state index contributed by atoms with van der Waals surface area (Å²) >= 11 is 0. The largest absolute Gasteiger partial charge is 0.508 e. The van der Waals surface area contributed by atoms with Crippen LogP contribution in [0.25, 0.3) is 0 Å². The number of hydrogen-bond donors (Lipinski definition) is 3. The summed E-state index contributed by atoms with van der Waals surface area (Å²) < 4.78 is 11.4. The van der Waals surface area contributed by atoms with Gasteiger partial charge in [0.2, 0.25) is 0 Å². The summed E-state index contributed by atoms with van der Waals surface area (Å²) in [7, 11) is -1.10. The maximum absolute atomic E-state index is 11.9. The molecule has 0 fully saturated rings. The van der Waals surface area contributed by atoms with Crippen LogP contribution in [-0.2, 0) is 10.8 Å². The maximum atomic E-state index is 11.9. The molecular formula is C15H16N2O3S. The van der Waals surface area contributed by atoms with Crippen molar-refractivity contribution in [2.45, 2.75) is 11.8 Å². The molecule has 0 aromatic heterocycles. The molecule has 0 radical (unpaired) electrons. The quantitative estimate of drug-likeness (QED) is 0.762. The van der Waals surface area contributed by atoms with E-state index in [-0.39, 0.29) is 5.75 Å². The number of carbonyl (C=O) groups excluding carboxylic acids is 1. The van der Waals surface area contributed by atoms with Crippen LogP contribution in [0.1, 0.15) is 5.56 Å². The first-order chi connectivity index (χ1) is 9.95. The normalized spacial score (nSPS) is 11.7. The first-order valence-corrected chi connectivity index (χ1v) is 7.82. The zero-order valence-electron chi connectivity index (χ0n) is 11.7. The minimum absolute atomic E-state index is 0.150. The van der Waals surface area contributed by atoms with Gasteiger partial charge in [-0.05, 0) is 48.9 Å². The van der Waals surface area contributed by atoms with Gasteiger partial charge in [0.25, 0.3) is 0 Å². The van der Waals surface area contributed by atoms with E-state index in [0.29, 0.717) is 16.3 Å². The molecule has 21 heavy (non-hydrogen) atoms. The van der Waals surface area contributed by atoms with Crippen molar-refractivity contribution < 1.29 is 14.1 Å². The number of carbonyl (C=O) groups is 1. The van der Waals surface area contributed by atoms with Gasteiger partial charge in [-0.3, -0.25) is 4.21 Å². The summed E-state index contributed by atoms with van der Waals surface area (Å²) in [5.74, 6) is 0.150. The molecule has 110 valence electrons. The van der Waals surface area contributed by atoms with Gasteiger partial charge < -0.3 is 15.7 Å². The lowest BCUT2D eigenvalue weighted by Crippen LogP contribution is -2.20. The van der Waals surface area contributed by atoms with E-state index >= 15 is 0 Å². The van der Waals surface area contributed by atoms with Crippen LogP contribution in [0.5, 0.6) is 5.75 Å². The van der Waals surface area contributed by atoms with Gasteiger partial charge in [0, 0.05) is 33.3 Å². The molecule has 0 aliphatic rings. The van der Waals surface area contributed by atoms with E-state index in [2.05, 4.69) is 10.6 Å². The van der Waals surface area contributed by atoms with Gasteiger partial charge in [0.05, 0.1) is 0 Å². The Morgan fingerprint density at radius 2 is 1.90 bits per heavy atom. The lowest BCUT2D eigenvalue weighted by atomic mass is 10.2. The summed E-state index contributed by atoms with van der Waals surface area (Å²) in [5, 5.41) is 14.7. The third kappa shape index (κ3) is 4.06. The van der Waals surface area contributed by atoms with Crippen LogP contribution in [0.2, 0.25) is 0 Å². The van der Waals surface area contributed by atoms with E-state index in [0.717, 1.165) is 5.56 Å². The van der Waals surface area contributed by atoms with Gasteiger partial charge in [-0.2, -0.15) is 0 Å². The van der Waals surface area contributed by atoms with Crippen LogP contribution in [0, 0.1) is 6.92 Å². The summed E-state index contributed by atoms with van der Waals surface area (Å²) in [5.41, 5.74) is 1.94. The Bertz CT molecular complexity index is 701. The standard InChI is InChI=1S/C15H16N2O3S/c1-10-8-12(18)6-7-14(10)17-15(19)16-11-4-3-5-13(9-11)21(2)20/h3-9,18H,1-2H3,(H2,16,17,19)/t21-/m0/s1. The van der Waals surface area contributed by atoms with Crippen molar-refractivity contribution in [1.82, 2.24) is 0 Å². The zero-order valence-corrected chi connectivity index (χ0v) is 12.5. The van der Waals surface area contributed by atoms with E-state index in [1.807, 2.05) is 0 Å². The van der Waals surface area contributed by atoms with Crippen LogP contribution < -0.4 is 10.6 Å². The molecule has 1 atom stereocenters. The van der Waals surface area contributed by atoms with Gasteiger partial charge >= 0.3 is 6.03 Å². The number of phenolic OH excluding ortho intramolecular Hbond substituents is 1. The van der Waals surface area contributed by atoms with Crippen molar-refractivity contribution in [3.8, 4) is 5.75 Å². The van der Waals surface area contributed by atoms with Crippen LogP contribution in [0.15, 0.2) is 47.4 Å². The number of aromatic hydroxyl groups is 1. The highest BCUT2D eigenvalue weighted by atomic mass is 32.2. The topological polar surface area (TPSA) is 78.4 Å². The second-order valence-electron chi connectivity index (χ2n) is 4.56. The highest BCUT2D eigenvalue weighted by molar-refractivity contribution is 7.84. The number of hydrogen-bond acceptors (Lipinski definition) is 3. The van der Waals surface area contributed by atoms with E-state index in [9.17, 15) is 14.1 Å². The Morgan fingerprint density at radius 3 is 2.57 bits per heavy atom. The molecule has 2 rings (SSSR count). The molecule has 0 aliphatic carbocycles. The summed E-state index contributed by atoms with van der Waals surface area (Å²) in [6.45, 7) is 1.79. The molecule has 0 bridgehead atoms. The number of amides is 2. The summed E-state index contributed by atoms with van der Waals surface area (Å²) in [4.78, 5) is 12.6. The maximum Gasteiger partial charge on any atom is 0.323 e. The van der Waals surface area contributed by atoms with Gasteiger partial charge in [-0.15, -0.1) is 0 Å². The smallest absolute Gasteiger partial charge is 0.323 e. The van der Waals surface area contributed by atoms with Crippen LogP contribution >= 0.6 is 0 Å². The first kappa shape index (κ1) is 15.1. The number of phenols is 1. The minimum Gasteiger partial charge on any atom is -0.508 e. The Morgan fingerprint density at radius 1 is 1.14 bits per heavy atom. The molecule has 0 unspecified atom stereocenters. The number of aryl methyl sites for hydroxylation is 1. The van der Waals surface area contributed by atoms with E-state index in [1.165, 1.54) is 6.07 Å². The number of anilines is 2. The lowest BCUT2D eigenvalue weighted by Gasteiger charge is -2.10. The fraction of sp³-hybridized carbons (Fsp3) is 0.133. The van der Waals surface area contributed by atoms with E-state index < -0.39 is 16.8 Å². The highest BCUT2D eigenvalue weighted by Crippen LogP contribution is 2.20. The molecule has 2 aromatic carbocycles. The van der Waals surface area contributed by atoms with E-state index in [4.69, 9.17) is 0 Å². The van der Waals surface area contributed by atoms with Crippen molar-refractivity contribution in [1.29, 1.82) is 0 Å². The fourth-order valence-electron chi connectivity index (χ4n) is 1.83. The number of urea groups is 1. The predicted octanol–water partition coefficient (Wildman–Crippen LogP) is 3.08. The van der Waals surface area contributed by atoms with Crippen molar-refractivity contribution in [3.05, 3.63) is 48.0 Å². The molecule has 2 aromatic rings. The molecule has 0 saturated heterocycles. The Balaban J connectivity index is 2.08. The molecule has 3 N–H and O–H groups in total. The second kappa shape index (κ2) is 6.41. The zero-order chi connectivity index (χ0) is 15.4. The summed E-state index contributed by atoms with van der Waals surface area (Å²) in [6.07, 6.45) is 1.58. The van der Waals surface area contributed by atoms with Crippen LogP contribution in [-0.4, -0.2) is 21.6 Å². The molecule has 0 saturated carbocycles. The average Bonchev–Trinajstić information content (AvgIpc) is 2.42. The lowest BCUT2D eigenvalue weighted by molar-refractivity contribution is 0.262. The average molecular weight is 304 g/mol. The number of rotatable bonds is 3. The minimum atomic E-state index is -1.10. The van der Waals surface area contributed by atoms with Gasteiger partial charge in [-0.1, -0.05) is 6.07 Å². The van der Waals surface area contributed by atoms with E-state index in [1.54, 1.807) is 49.6 Å². The van der Waals surface area contributed by atoms with Crippen LogP contribution in [0.4, 0.5) is 16.2 Å². The Hall–Kier alpha value is -2.34. The number of benzene rings is 2. The van der Waals surface area contributed by atoms with Crippen molar-refractivity contribution in [3.63, 3.8) is 0 Å². The molecule has 6 heteroatoms. The van der Waals surface area contributed by atoms with Crippen LogP contribution in [0.3, 0.4) is 0 Å². The number of nitrogens with one attached hydrogen (secondary N) is 2. The third-order valence-electron chi connectivity index (χ3n) is 2.88. The van der Waals surface area contributed by atoms with Crippen molar-refractivity contribution >= 4 is 28.2 Å². The predicted molar refractivity (Wildman–Crippen MR) is 84.3 cm³/mol. The molecule has 2 amide bonds. The van der Waals surface area contributed by atoms with Gasteiger partial charge in [0.1, 0.15) is 5.75 Å². The molecule has 5 nitrogen and oxygen atoms in total. The van der Waals surface area contributed by atoms with Gasteiger partial charge in [-0.25, -0.2) is 4.79 Å². The molecule has 0 heterocycles. The Labute approximate surface area is 125 Å². The van der Waals surface area contributed by atoms with Crippen molar-refractivity contribution in [2.24, 2.45) is 0 Å². The Kier molecular flexibility index (Phi) is 4.59. The second-order valence-corrected chi connectivity index (χ2v) is 5.94. The molecular weight excluding hydrogens is 288 g/mol. The fourth-order valence-corrected chi connectivity index (χ4v) is 2.39. The SMILES string of the molecule is Cc1cc(O)ccc1NC(=O)Nc1cccc([S@](C)=O)c1. The van der Waals surface area contributed by atoms with Crippen molar-refractivity contribution in [2.75, 3.05) is 16.9 Å². The highest BCUT2D eigenvalue weighted by Gasteiger charge is 2.06. The first-order valence-electron chi connectivity index (χ1n) is 6.27. The summed E-state index contributed by atoms with van der Waals surface area (Å²) in [6, 6.07) is 11.2. The monoisotopic (exact) mass is 304 g/mol.